The Morgan fingerprint density at radius 2 is 1.88 bits per heavy atom. The molecule has 0 bridgehead atoms. The van der Waals surface area contributed by atoms with Gasteiger partial charge in [-0.2, -0.15) is 0 Å². The normalized spacial score (nSPS) is 17.0. The van der Waals surface area contributed by atoms with Crippen LogP contribution < -0.4 is 5.32 Å². The molecule has 1 heterocycles. The maximum atomic E-state index is 12.8. The summed E-state index contributed by atoms with van der Waals surface area (Å²) in [6, 6.07) is 6.27. The van der Waals surface area contributed by atoms with E-state index in [1.54, 1.807) is 24.3 Å². The van der Waals surface area contributed by atoms with Gasteiger partial charge in [-0.25, -0.2) is 0 Å². The quantitative estimate of drug-likeness (QED) is 0.885. The van der Waals surface area contributed by atoms with Gasteiger partial charge in [-0.1, -0.05) is 31.5 Å². The number of nitrogens with zero attached hydrogens (tertiary/aromatic N) is 2. The molecule has 1 N–H and O–H groups in total. The Balaban J connectivity index is 2.07. The number of hydrogen-bond donors (Lipinski definition) is 1. The van der Waals surface area contributed by atoms with Crippen LogP contribution in [0.4, 0.5) is 0 Å². The standard InChI is InChI=1S/C18H26ClN3O2/c1-13(2)11-16(18(24)22-9-7-21(3)8-10-22)20-17(23)14-5-4-6-15(19)12-14/h4-6,12-13,16H,7-11H2,1-3H3,(H,20,23)/t16-/m0/s1. The van der Waals surface area contributed by atoms with Crippen LogP contribution >= 0.6 is 11.6 Å². The second-order valence-electron chi connectivity index (χ2n) is 6.79. The zero-order chi connectivity index (χ0) is 17.7. The number of rotatable bonds is 5. The van der Waals surface area contributed by atoms with E-state index in [-0.39, 0.29) is 11.8 Å². The predicted molar refractivity (Wildman–Crippen MR) is 96.2 cm³/mol. The van der Waals surface area contributed by atoms with Crippen molar-refractivity contribution >= 4 is 23.4 Å². The molecule has 2 rings (SSSR count). The minimum absolute atomic E-state index is 0.00665. The molecule has 1 aliphatic heterocycles. The molecule has 5 nitrogen and oxygen atoms in total. The molecular formula is C18H26ClN3O2. The van der Waals surface area contributed by atoms with Crippen molar-refractivity contribution in [1.82, 2.24) is 15.1 Å². The highest BCUT2D eigenvalue weighted by Gasteiger charge is 2.28. The zero-order valence-electron chi connectivity index (χ0n) is 14.6. The highest BCUT2D eigenvalue weighted by atomic mass is 35.5. The van der Waals surface area contributed by atoms with E-state index in [0.717, 1.165) is 13.1 Å². The molecule has 24 heavy (non-hydrogen) atoms. The lowest BCUT2D eigenvalue weighted by molar-refractivity contribution is -0.135. The van der Waals surface area contributed by atoms with Crippen LogP contribution in [0.15, 0.2) is 24.3 Å². The Hall–Kier alpha value is -1.59. The summed E-state index contributed by atoms with van der Waals surface area (Å²) in [4.78, 5) is 29.4. The largest absolute Gasteiger partial charge is 0.340 e. The number of halogens is 1. The van der Waals surface area contributed by atoms with Crippen molar-refractivity contribution in [1.29, 1.82) is 0 Å². The average molecular weight is 352 g/mol. The third-order valence-electron chi connectivity index (χ3n) is 4.21. The van der Waals surface area contributed by atoms with Gasteiger partial charge in [-0.05, 0) is 37.6 Å². The summed E-state index contributed by atoms with van der Waals surface area (Å²) in [5, 5.41) is 3.41. The molecule has 0 radical (unpaired) electrons. The summed E-state index contributed by atoms with van der Waals surface area (Å²) in [5.41, 5.74) is 0.474. The Morgan fingerprint density at radius 3 is 2.46 bits per heavy atom. The molecule has 1 aromatic rings. The van der Waals surface area contributed by atoms with Crippen LogP contribution in [-0.2, 0) is 4.79 Å². The van der Waals surface area contributed by atoms with Gasteiger partial charge in [0, 0.05) is 36.8 Å². The SMILES string of the molecule is CC(C)C[C@H](NC(=O)c1cccc(Cl)c1)C(=O)N1CCN(C)CC1. The van der Waals surface area contributed by atoms with Crippen molar-refractivity contribution in [2.45, 2.75) is 26.3 Å². The topological polar surface area (TPSA) is 52.7 Å². The number of carbonyl (C=O) groups is 2. The van der Waals surface area contributed by atoms with Gasteiger partial charge in [-0.3, -0.25) is 9.59 Å². The molecule has 1 aromatic carbocycles. The summed E-state index contributed by atoms with van der Waals surface area (Å²) < 4.78 is 0. The van der Waals surface area contributed by atoms with E-state index in [9.17, 15) is 9.59 Å². The van der Waals surface area contributed by atoms with Crippen molar-refractivity contribution in [2.24, 2.45) is 5.92 Å². The van der Waals surface area contributed by atoms with Crippen LogP contribution in [0.1, 0.15) is 30.6 Å². The van der Waals surface area contributed by atoms with Crippen molar-refractivity contribution < 1.29 is 9.59 Å². The Morgan fingerprint density at radius 1 is 1.21 bits per heavy atom. The smallest absolute Gasteiger partial charge is 0.251 e. The maximum absolute atomic E-state index is 12.8. The molecule has 0 spiro atoms. The number of amides is 2. The van der Waals surface area contributed by atoms with E-state index in [1.807, 2.05) is 11.9 Å². The molecule has 0 aliphatic carbocycles. The van der Waals surface area contributed by atoms with Crippen LogP contribution in [0.2, 0.25) is 5.02 Å². The molecule has 1 aliphatic rings. The lowest BCUT2D eigenvalue weighted by Crippen LogP contribution is -2.54. The maximum Gasteiger partial charge on any atom is 0.251 e. The zero-order valence-corrected chi connectivity index (χ0v) is 15.3. The first-order valence-corrected chi connectivity index (χ1v) is 8.78. The molecule has 1 atom stereocenters. The number of likely N-dealkylation sites (N-methyl/N-ethyl adjacent to an activating group) is 1. The molecule has 6 heteroatoms. The number of hydrogen-bond acceptors (Lipinski definition) is 3. The molecule has 132 valence electrons. The molecule has 2 amide bonds. The first-order valence-electron chi connectivity index (χ1n) is 8.40. The summed E-state index contributed by atoms with van der Waals surface area (Å²) >= 11 is 5.95. The Bertz CT molecular complexity index is 583. The fourth-order valence-electron chi connectivity index (χ4n) is 2.81. The lowest BCUT2D eigenvalue weighted by Gasteiger charge is -2.35. The highest BCUT2D eigenvalue weighted by molar-refractivity contribution is 6.31. The van der Waals surface area contributed by atoms with Gasteiger partial charge in [0.2, 0.25) is 5.91 Å². The van der Waals surface area contributed by atoms with Crippen molar-refractivity contribution in [3.8, 4) is 0 Å². The number of carbonyl (C=O) groups excluding carboxylic acids is 2. The van der Waals surface area contributed by atoms with E-state index in [4.69, 9.17) is 11.6 Å². The Labute approximate surface area is 149 Å². The van der Waals surface area contributed by atoms with Gasteiger partial charge < -0.3 is 15.1 Å². The second-order valence-corrected chi connectivity index (χ2v) is 7.23. The molecule has 1 saturated heterocycles. The summed E-state index contributed by atoms with van der Waals surface area (Å²) in [6.45, 7) is 7.24. The summed E-state index contributed by atoms with van der Waals surface area (Å²) in [6.07, 6.45) is 0.622. The third-order valence-corrected chi connectivity index (χ3v) is 4.45. The van der Waals surface area contributed by atoms with E-state index in [0.29, 0.717) is 36.0 Å². The van der Waals surface area contributed by atoms with E-state index in [2.05, 4.69) is 24.1 Å². The van der Waals surface area contributed by atoms with Crippen LogP contribution in [0.25, 0.3) is 0 Å². The van der Waals surface area contributed by atoms with Gasteiger partial charge in [0.1, 0.15) is 6.04 Å². The van der Waals surface area contributed by atoms with Gasteiger partial charge in [0.05, 0.1) is 0 Å². The summed E-state index contributed by atoms with van der Waals surface area (Å²) in [5.74, 6) is 0.0591. The number of benzene rings is 1. The van der Waals surface area contributed by atoms with Crippen LogP contribution in [0.5, 0.6) is 0 Å². The number of nitrogens with one attached hydrogen (secondary N) is 1. The Kier molecular flexibility index (Phi) is 6.63. The molecule has 0 unspecified atom stereocenters. The second kappa shape index (κ2) is 8.49. The predicted octanol–water partition coefficient (Wildman–Crippen LogP) is 2.26. The lowest BCUT2D eigenvalue weighted by atomic mass is 10.0. The number of piperazine rings is 1. The fourth-order valence-corrected chi connectivity index (χ4v) is 3.00. The van der Waals surface area contributed by atoms with Gasteiger partial charge in [0.15, 0.2) is 0 Å². The van der Waals surface area contributed by atoms with E-state index >= 15 is 0 Å². The average Bonchev–Trinajstić information content (AvgIpc) is 2.54. The monoisotopic (exact) mass is 351 g/mol. The van der Waals surface area contributed by atoms with E-state index < -0.39 is 6.04 Å². The van der Waals surface area contributed by atoms with Crippen LogP contribution in [0, 0.1) is 5.92 Å². The minimum Gasteiger partial charge on any atom is -0.340 e. The molecule has 0 saturated carbocycles. The summed E-state index contributed by atoms with van der Waals surface area (Å²) in [7, 11) is 2.05. The van der Waals surface area contributed by atoms with Crippen molar-refractivity contribution in [3.05, 3.63) is 34.9 Å². The van der Waals surface area contributed by atoms with Gasteiger partial charge >= 0.3 is 0 Å². The first-order chi connectivity index (χ1) is 11.4. The van der Waals surface area contributed by atoms with E-state index in [1.165, 1.54) is 0 Å². The highest BCUT2D eigenvalue weighted by Crippen LogP contribution is 2.13. The molecular weight excluding hydrogens is 326 g/mol. The van der Waals surface area contributed by atoms with Crippen LogP contribution in [-0.4, -0.2) is 60.9 Å². The molecule has 0 aromatic heterocycles. The van der Waals surface area contributed by atoms with Crippen LogP contribution in [0.3, 0.4) is 0 Å². The fraction of sp³-hybridized carbons (Fsp3) is 0.556. The van der Waals surface area contributed by atoms with Gasteiger partial charge in [0.25, 0.3) is 5.91 Å². The molecule has 1 fully saturated rings. The third kappa shape index (κ3) is 5.21. The first kappa shape index (κ1) is 18.7. The van der Waals surface area contributed by atoms with Crippen molar-refractivity contribution in [3.63, 3.8) is 0 Å². The van der Waals surface area contributed by atoms with Crippen molar-refractivity contribution in [2.75, 3.05) is 33.2 Å². The minimum atomic E-state index is -0.500. The van der Waals surface area contributed by atoms with Gasteiger partial charge in [-0.15, -0.1) is 0 Å².